The average Bonchev–Trinajstić information content (AvgIpc) is 3.01. The van der Waals surface area contributed by atoms with Crippen LogP contribution in [0.5, 0.6) is 23.0 Å². The second kappa shape index (κ2) is 19.6. The number of ether oxygens (including phenoxy) is 3. The fourth-order valence-electron chi connectivity index (χ4n) is 4.02. The molecule has 0 aliphatic carbocycles. The van der Waals surface area contributed by atoms with E-state index in [1.807, 2.05) is 0 Å². The summed E-state index contributed by atoms with van der Waals surface area (Å²) in [4.78, 5) is 11.0. The van der Waals surface area contributed by atoms with Gasteiger partial charge in [-0.3, -0.25) is 4.79 Å². The molecule has 0 heterocycles. The first-order valence-electron chi connectivity index (χ1n) is 13.4. The Labute approximate surface area is 313 Å². The highest BCUT2D eigenvalue weighted by molar-refractivity contribution is 9.09. The van der Waals surface area contributed by atoms with Gasteiger partial charge in [-0.05, 0) is 36.4 Å². The number of esters is 1. The molecule has 0 fully saturated rings. The number of hydrogen-bond donors (Lipinski definition) is 3. The van der Waals surface area contributed by atoms with Gasteiger partial charge in [0.1, 0.15) is 31.0 Å². The third-order valence-corrected chi connectivity index (χ3v) is 8.81. The molecule has 48 heavy (non-hydrogen) atoms. The van der Waals surface area contributed by atoms with E-state index < -0.39 is 29.8 Å². The highest BCUT2D eigenvalue weighted by atomic mass is 79.9. The maximum Gasteiger partial charge on any atom is 0.303 e. The van der Waals surface area contributed by atoms with Gasteiger partial charge < -0.3 is 29.5 Å². The number of aromatic hydroxyl groups is 2. The van der Waals surface area contributed by atoms with Crippen LogP contribution in [-0.2, 0) is 9.53 Å². The zero-order valence-corrected chi connectivity index (χ0v) is 30.5. The molecule has 260 valence electrons. The molecule has 0 bridgehead atoms. The molecule has 0 aromatic heterocycles. The number of aliphatic hydroxyl groups is 1. The fraction of sp³-hybridized carbons (Fsp3) is 0.242. The van der Waals surface area contributed by atoms with Crippen LogP contribution in [0.3, 0.4) is 0 Å². The van der Waals surface area contributed by atoms with E-state index in [2.05, 4.69) is 31.9 Å². The molecule has 2 atom stereocenters. The van der Waals surface area contributed by atoms with Gasteiger partial charge in [0.2, 0.25) is 0 Å². The second-order valence-electron chi connectivity index (χ2n) is 9.61. The molecule has 15 heteroatoms. The maximum atomic E-state index is 14.0. The molecule has 3 N–H and O–H groups in total. The fourth-order valence-corrected chi connectivity index (χ4v) is 5.73. The third-order valence-electron chi connectivity index (χ3n) is 6.08. The summed E-state index contributed by atoms with van der Waals surface area (Å²) >= 11 is 30.7. The van der Waals surface area contributed by atoms with Crippen LogP contribution in [0, 0.1) is 11.6 Å². The number of carbonyl (C=O) groups excluding carboxylic acids is 1. The van der Waals surface area contributed by atoms with E-state index in [4.69, 9.17) is 60.6 Å². The van der Waals surface area contributed by atoms with E-state index in [9.17, 15) is 28.9 Å². The highest BCUT2D eigenvalue weighted by Crippen LogP contribution is 2.45. The molecular weight excluding hydrogens is 848 g/mol. The molecule has 0 amide bonds. The van der Waals surface area contributed by atoms with Crippen LogP contribution in [0.2, 0.25) is 20.1 Å². The van der Waals surface area contributed by atoms with Gasteiger partial charge in [-0.2, -0.15) is 0 Å². The number of alkyl halides is 2. The number of carbonyl (C=O) groups is 1. The van der Waals surface area contributed by atoms with Crippen molar-refractivity contribution in [2.45, 2.75) is 26.6 Å². The lowest BCUT2D eigenvalue weighted by Crippen LogP contribution is -2.25. The molecule has 0 radical (unpaired) electrons. The maximum absolute atomic E-state index is 14.0. The van der Waals surface area contributed by atoms with Crippen LogP contribution in [0.25, 0.3) is 22.3 Å². The van der Waals surface area contributed by atoms with E-state index in [-0.39, 0.29) is 74.9 Å². The van der Waals surface area contributed by atoms with Crippen molar-refractivity contribution in [3.8, 4) is 45.3 Å². The summed E-state index contributed by atoms with van der Waals surface area (Å²) < 4.78 is 43.5. The minimum atomic E-state index is -0.782. The van der Waals surface area contributed by atoms with Crippen molar-refractivity contribution in [3.63, 3.8) is 0 Å². The monoisotopic (exact) mass is 874 g/mol. The normalized spacial score (nSPS) is 11.8. The van der Waals surface area contributed by atoms with Crippen molar-refractivity contribution in [3.05, 3.63) is 92.4 Å². The molecule has 4 rings (SSSR count). The minimum absolute atomic E-state index is 0. The SMILES string of the molecule is C.CC(=O)O[C@@H](CBr)COc1cc(F)cc(-c2c(Cl)cccc2Cl)c1O.Oc1c(OC[C@H](O)CBr)cc(F)cc1-c1c(Cl)cccc1Cl. The number of hydrogen-bond acceptors (Lipinski definition) is 7. The number of rotatable bonds is 11. The summed E-state index contributed by atoms with van der Waals surface area (Å²) in [5.74, 6) is -2.53. The lowest BCUT2D eigenvalue weighted by atomic mass is 10.0. The molecule has 7 nitrogen and oxygen atoms in total. The highest BCUT2D eigenvalue weighted by Gasteiger charge is 2.21. The summed E-state index contributed by atoms with van der Waals surface area (Å²) in [5, 5.41) is 31.9. The number of aliphatic hydroxyl groups excluding tert-OH is 1. The number of phenolic OH excluding ortho intramolecular Hbond substituents is 2. The van der Waals surface area contributed by atoms with E-state index >= 15 is 0 Å². The Morgan fingerprint density at radius 3 is 1.50 bits per heavy atom. The Morgan fingerprint density at radius 2 is 1.15 bits per heavy atom. The van der Waals surface area contributed by atoms with E-state index in [0.29, 0.717) is 21.8 Å². The average molecular weight is 878 g/mol. The van der Waals surface area contributed by atoms with E-state index in [0.717, 1.165) is 24.3 Å². The van der Waals surface area contributed by atoms with Crippen LogP contribution >= 0.6 is 78.3 Å². The summed E-state index contributed by atoms with van der Waals surface area (Å²) in [6, 6.07) is 13.9. The Bertz CT molecular complexity index is 1680. The zero-order valence-electron chi connectivity index (χ0n) is 24.3. The van der Waals surface area contributed by atoms with Crippen LogP contribution in [0.15, 0.2) is 60.7 Å². The van der Waals surface area contributed by atoms with Crippen molar-refractivity contribution in [2.24, 2.45) is 0 Å². The zero-order chi connectivity index (χ0) is 34.8. The van der Waals surface area contributed by atoms with Gasteiger partial charge in [-0.15, -0.1) is 0 Å². The van der Waals surface area contributed by atoms with Crippen molar-refractivity contribution >= 4 is 84.2 Å². The number of benzene rings is 4. The van der Waals surface area contributed by atoms with Crippen molar-refractivity contribution in [1.29, 1.82) is 0 Å². The van der Waals surface area contributed by atoms with Gasteiger partial charge in [0, 0.05) is 52.0 Å². The minimum Gasteiger partial charge on any atom is -0.504 e. The molecule has 0 spiro atoms. The summed E-state index contributed by atoms with van der Waals surface area (Å²) in [6.07, 6.45) is -1.37. The smallest absolute Gasteiger partial charge is 0.303 e. The molecule has 4 aromatic rings. The van der Waals surface area contributed by atoms with Gasteiger partial charge in [0.05, 0.1) is 26.2 Å². The molecule has 0 aliphatic rings. The molecule has 0 saturated heterocycles. The summed E-state index contributed by atoms with van der Waals surface area (Å²) in [7, 11) is 0. The van der Waals surface area contributed by atoms with Gasteiger partial charge in [-0.25, -0.2) is 8.78 Å². The molecule has 0 aliphatic heterocycles. The predicted octanol–water partition coefficient (Wildman–Crippen LogP) is 10.5. The first kappa shape index (κ1) is 41.7. The Hall–Kier alpha value is -2.51. The largest absolute Gasteiger partial charge is 0.504 e. The Kier molecular flexibility index (Phi) is 17.0. The molecular formula is C33H30Br2Cl4F2O7. The second-order valence-corrected chi connectivity index (χ2v) is 12.5. The van der Waals surface area contributed by atoms with Gasteiger partial charge in [0.25, 0.3) is 0 Å². The predicted molar refractivity (Wildman–Crippen MR) is 194 cm³/mol. The molecule has 4 aromatic carbocycles. The van der Waals surface area contributed by atoms with E-state index in [1.54, 1.807) is 36.4 Å². The quantitative estimate of drug-likeness (QED) is 0.102. The number of phenols is 2. The summed E-state index contributed by atoms with van der Waals surface area (Å²) in [5.41, 5.74) is 0.839. The van der Waals surface area contributed by atoms with Crippen LogP contribution in [-0.4, -0.2) is 57.4 Å². The number of halogens is 8. The molecule has 0 unspecified atom stereocenters. The van der Waals surface area contributed by atoms with Gasteiger partial charge in [0.15, 0.2) is 23.0 Å². The third kappa shape index (κ3) is 11.3. The van der Waals surface area contributed by atoms with Crippen LogP contribution in [0.4, 0.5) is 8.78 Å². The Morgan fingerprint density at radius 1 is 0.750 bits per heavy atom. The molecule has 0 saturated carbocycles. The van der Waals surface area contributed by atoms with Gasteiger partial charge >= 0.3 is 5.97 Å². The van der Waals surface area contributed by atoms with Crippen molar-refractivity contribution in [2.75, 3.05) is 23.9 Å². The van der Waals surface area contributed by atoms with Crippen molar-refractivity contribution in [1.82, 2.24) is 0 Å². The lowest BCUT2D eigenvalue weighted by Gasteiger charge is -2.17. The van der Waals surface area contributed by atoms with Crippen molar-refractivity contribution < 1.29 is 43.1 Å². The summed E-state index contributed by atoms with van der Waals surface area (Å²) in [6.45, 7) is 1.10. The first-order chi connectivity index (χ1) is 22.3. The topological polar surface area (TPSA) is 105 Å². The van der Waals surface area contributed by atoms with E-state index in [1.165, 1.54) is 6.92 Å². The van der Waals surface area contributed by atoms with Crippen LogP contribution < -0.4 is 9.47 Å². The van der Waals surface area contributed by atoms with Gasteiger partial charge in [-0.1, -0.05) is 97.8 Å². The Balaban J connectivity index is 0.000000329. The first-order valence-corrected chi connectivity index (χ1v) is 17.2. The lowest BCUT2D eigenvalue weighted by molar-refractivity contribution is -0.146. The van der Waals surface area contributed by atoms with Crippen LogP contribution in [0.1, 0.15) is 14.4 Å². The standard InChI is InChI=1S/C17H14BrCl2FO4.C15H12BrCl2FO3.CH4/c1-9(22)25-11(7-18)8-24-15-6-10(21)5-12(17(15)23)16-13(19)3-2-4-14(16)20;16-6-9(20)7-22-13-5-8(19)4-10(15(13)21)14-11(17)2-1-3-12(14)18;/h2-6,11,23H,7-8H2,1H3;1-5,9,20-21H,6-7H2;1H4/t11-;9-;/m01./s1.